The molecule has 0 bridgehead atoms. The standard InChI is InChI=1S/C36H28N4O11S2/c1-52(47,48)39-27-13-7-19(34(41)42)15-29(27)37-21-9-11-25-31(17-21)51-32-18-22(10-12-26(32)33(25)23-5-3-4-6-24(23)36(45)46)38-30-16-20(35(43)44)8-14-28(30)40-53(2,49)50/h3-18,37-40H,1-2H3,(H2-,41,42,43,44,45,46)/p+1. The second-order valence-electron chi connectivity index (χ2n) is 11.9. The number of anilines is 6. The molecule has 0 amide bonds. The quantitative estimate of drug-likeness (QED) is 0.0499. The normalized spacial score (nSPS) is 11.6. The average molecular weight is 758 g/mol. The van der Waals surface area contributed by atoms with Crippen molar-refractivity contribution in [2.45, 2.75) is 0 Å². The van der Waals surface area contributed by atoms with Crippen LogP contribution in [0.4, 0.5) is 34.1 Å². The molecule has 0 aliphatic carbocycles. The van der Waals surface area contributed by atoms with Crippen LogP contribution in [0.5, 0.6) is 0 Å². The first kappa shape index (κ1) is 36.1. The Labute approximate surface area is 301 Å². The molecule has 0 spiro atoms. The van der Waals surface area contributed by atoms with Crippen LogP contribution in [-0.2, 0) is 20.0 Å². The van der Waals surface area contributed by atoms with Crippen LogP contribution in [0.15, 0.2) is 101 Å². The van der Waals surface area contributed by atoms with Crippen molar-refractivity contribution in [2.75, 3.05) is 32.6 Å². The summed E-state index contributed by atoms with van der Waals surface area (Å²) in [5.41, 5.74) is 2.26. The van der Waals surface area contributed by atoms with Crippen molar-refractivity contribution in [3.05, 3.63) is 114 Å². The molecule has 0 unspecified atom stereocenters. The van der Waals surface area contributed by atoms with E-state index in [2.05, 4.69) is 20.1 Å². The summed E-state index contributed by atoms with van der Waals surface area (Å²) in [5.74, 6) is -3.65. The summed E-state index contributed by atoms with van der Waals surface area (Å²) in [6.07, 6.45) is 1.90. The molecule has 15 nitrogen and oxygen atoms in total. The first-order valence-corrected chi connectivity index (χ1v) is 19.1. The van der Waals surface area contributed by atoms with E-state index in [4.69, 9.17) is 4.42 Å². The van der Waals surface area contributed by atoms with Crippen molar-refractivity contribution in [1.29, 1.82) is 0 Å². The molecule has 17 heteroatoms. The molecule has 0 saturated heterocycles. The van der Waals surface area contributed by atoms with Crippen LogP contribution in [-0.4, -0.2) is 62.6 Å². The third-order valence-corrected chi connectivity index (χ3v) is 9.01. The maximum atomic E-state index is 12.4. The molecule has 0 saturated carbocycles. The highest BCUT2D eigenvalue weighted by molar-refractivity contribution is 7.92. The number of aromatic carboxylic acids is 3. The number of carbonyl (C=O) groups is 3. The molecule has 1 heterocycles. The Hall–Kier alpha value is -6.72. The van der Waals surface area contributed by atoms with Crippen molar-refractivity contribution < 1.29 is 51.0 Å². The number of rotatable bonds is 12. The topological polar surface area (TPSA) is 240 Å². The summed E-state index contributed by atoms with van der Waals surface area (Å²) < 4.78 is 59.4. The third-order valence-electron chi connectivity index (χ3n) is 7.83. The Morgan fingerprint density at radius 3 is 1.42 bits per heavy atom. The van der Waals surface area contributed by atoms with E-state index in [1.165, 1.54) is 42.5 Å². The van der Waals surface area contributed by atoms with Gasteiger partial charge >= 0.3 is 29.1 Å². The van der Waals surface area contributed by atoms with Crippen molar-refractivity contribution in [3.8, 4) is 11.1 Å². The molecule has 53 heavy (non-hydrogen) atoms. The predicted molar refractivity (Wildman–Crippen MR) is 201 cm³/mol. The second-order valence-corrected chi connectivity index (χ2v) is 15.4. The zero-order chi connectivity index (χ0) is 38.2. The summed E-state index contributed by atoms with van der Waals surface area (Å²) in [6.45, 7) is 0. The molecular formula is C36H29N4O11S2+. The van der Waals surface area contributed by atoms with E-state index < -0.39 is 38.0 Å². The van der Waals surface area contributed by atoms with E-state index >= 15 is 0 Å². The van der Waals surface area contributed by atoms with Crippen LogP contribution in [0.3, 0.4) is 0 Å². The molecule has 0 aliphatic rings. The van der Waals surface area contributed by atoms with E-state index in [1.807, 2.05) is 0 Å². The summed E-state index contributed by atoms with van der Waals surface area (Å²) in [6, 6.07) is 23.8. The van der Waals surface area contributed by atoms with Crippen molar-refractivity contribution in [3.63, 3.8) is 0 Å². The first-order valence-electron chi connectivity index (χ1n) is 15.4. The molecular weight excluding hydrogens is 729 g/mol. The van der Waals surface area contributed by atoms with Crippen LogP contribution in [0.2, 0.25) is 0 Å². The highest BCUT2D eigenvalue weighted by Crippen LogP contribution is 2.41. The molecule has 5 aromatic carbocycles. The van der Waals surface area contributed by atoms with Gasteiger partial charge in [0.05, 0.1) is 74.9 Å². The van der Waals surface area contributed by atoms with Gasteiger partial charge in [-0.25, -0.2) is 35.6 Å². The average Bonchev–Trinajstić information content (AvgIpc) is 3.07. The van der Waals surface area contributed by atoms with E-state index in [-0.39, 0.29) is 50.6 Å². The molecule has 0 fully saturated rings. The molecule has 0 atom stereocenters. The molecule has 1 aromatic heterocycles. The monoisotopic (exact) mass is 757 g/mol. The van der Waals surface area contributed by atoms with Crippen LogP contribution in [0, 0.1) is 0 Å². The summed E-state index contributed by atoms with van der Waals surface area (Å²) in [5, 5.41) is 36.3. The Morgan fingerprint density at radius 1 is 0.547 bits per heavy atom. The molecule has 0 aliphatic heterocycles. The number of benzene rings is 5. The molecule has 0 radical (unpaired) electrons. The maximum absolute atomic E-state index is 12.4. The number of nitrogens with one attached hydrogen (secondary N) is 4. The number of carboxylic acid groups (broad SMARTS) is 3. The van der Waals surface area contributed by atoms with Crippen LogP contribution < -0.4 is 20.1 Å². The van der Waals surface area contributed by atoms with Gasteiger partial charge in [0, 0.05) is 16.9 Å². The SMILES string of the molecule is CS(=O)(=O)Nc1ccc(C(=O)O)cc1Nc1ccc2c(-c3ccccc3C(=O)O)c3ccc(Nc4cc(C(=O)O)ccc4NS(C)(=O)=O)cc3[o+]c2c1. The van der Waals surface area contributed by atoms with Gasteiger partial charge < -0.3 is 26.0 Å². The first-order chi connectivity index (χ1) is 25.0. The summed E-state index contributed by atoms with van der Waals surface area (Å²) in [4.78, 5) is 35.8. The minimum Gasteiger partial charge on any atom is -0.478 e. The number of carboxylic acids is 3. The lowest BCUT2D eigenvalue weighted by Crippen LogP contribution is -2.12. The lowest BCUT2D eigenvalue weighted by Gasteiger charge is -2.15. The fourth-order valence-electron chi connectivity index (χ4n) is 5.67. The Balaban J connectivity index is 1.54. The largest absolute Gasteiger partial charge is 0.478 e. The van der Waals surface area contributed by atoms with Gasteiger partial charge in [0.1, 0.15) is 0 Å². The van der Waals surface area contributed by atoms with Gasteiger partial charge in [-0.05, 0) is 72.3 Å². The van der Waals surface area contributed by atoms with Crippen LogP contribution >= 0.6 is 0 Å². The highest BCUT2D eigenvalue weighted by Gasteiger charge is 2.25. The Kier molecular flexibility index (Phi) is 9.38. The van der Waals surface area contributed by atoms with Gasteiger partial charge in [-0.1, -0.05) is 18.2 Å². The van der Waals surface area contributed by atoms with Crippen LogP contribution in [0.25, 0.3) is 33.1 Å². The number of hydrogen-bond acceptors (Lipinski definition) is 9. The second kappa shape index (κ2) is 13.8. The number of sulfonamides is 2. The van der Waals surface area contributed by atoms with Gasteiger partial charge in [-0.15, -0.1) is 0 Å². The number of hydrogen-bond donors (Lipinski definition) is 7. The van der Waals surface area contributed by atoms with Gasteiger partial charge in [-0.3, -0.25) is 9.44 Å². The minimum atomic E-state index is -3.75. The van der Waals surface area contributed by atoms with Crippen molar-refractivity contribution in [2.24, 2.45) is 0 Å². The van der Waals surface area contributed by atoms with Gasteiger partial charge in [0.25, 0.3) is 0 Å². The van der Waals surface area contributed by atoms with E-state index in [9.17, 15) is 46.5 Å². The van der Waals surface area contributed by atoms with Crippen LogP contribution in [0.1, 0.15) is 31.1 Å². The number of fused-ring (bicyclic) bond motifs is 2. The van der Waals surface area contributed by atoms with Crippen molar-refractivity contribution in [1.82, 2.24) is 0 Å². The molecule has 7 N–H and O–H groups in total. The molecule has 6 rings (SSSR count). The highest BCUT2D eigenvalue weighted by atomic mass is 32.2. The third kappa shape index (κ3) is 8.11. The van der Waals surface area contributed by atoms with E-state index in [0.29, 0.717) is 33.3 Å². The Bertz CT molecular complexity index is 2580. The van der Waals surface area contributed by atoms with Gasteiger partial charge in [0.15, 0.2) is 0 Å². The fourth-order valence-corrected chi connectivity index (χ4v) is 6.83. The fraction of sp³-hybridized carbons (Fsp3) is 0.0556. The maximum Gasteiger partial charge on any atom is 0.363 e. The Morgan fingerprint density at radius 2 is 1.00 bits per heavy atom. The lowest BCUT2D eigenvalue weighted by atomic mass is 9.93. The van der Waals surface area contributed by atoms with Crippen molar-refractivity contribution >= 4 is 94.0 Å². The molecule has 270 valence electrons. The molecule has 6 aromatic rings. The summed E-state index contributed by atoms with van der Waals surface area (Å²) >= 11 is 0. The van der Waals surface area contributed by atoms with E-state index in [1.54, 1.807) is 54.6 Å². The minimum absolute atomic E-state index is 0.00894. The zero-order valence-corrected chi connectivity index (χ0v) is 29.3. The smallest absolute Gasteiger partial charge is 0.363 e. The zero-order valence-electron chi connectivity index (χ0n) is 27.7. The van der Waals surface area contributed by atoms with Gasteiger partial charge in [0.2, 0.25) is 20.0 Å². The lowest BCUT2D eigenvalue weighted by molar-refractivity contribution is 0.0686. The van der Waals surface area contributed by atoms with E-state index in [0.717, 1.165) is 12.5 Å². The predicted octanol–water partition coefficient (Wildman–Crippen LogP) is 6.86. The van der Waals surface area contributed by atoms with Gasteiger partial charge in [-0.2, -0.15) is 0 Å². The summed E-state index contributed by atoms with van der Waals surface area (Å²) in [7, 11) is -7.50.